The lowest BCUT2D eigenvalue weighted by Gasteiger charge is -2.24. The predicted octanol–water partition coefficient (Wildman–Crippen LogP) is 2.79. The maximum atomic E-state index is 13.2. The van der Waals surface area contributed by atoms with Gasteiger partial charge < -0.3 is 9.47 Å². The molecule has 1 fully saturated rings. The first-order valence-corrected chi connectivity index (χ1v) is 8.79. The second-order valence-corrected chi connectivity index (χ2v) is 6.62. The summed E-state index contributed by atoms with van der Waals surface area (Å²) in [5.74, 6) is -0.335. The van der Waals surface area contributed by atoms with Crippen molar-refractivity contribution in [2.75, 3.05) is 6.54 Å². The number of para-hydroxylation sites is 1. The van der Waals surface area contributed by atoms with Crippen molar-refractivity contribution in [1.82, 2.24) is 29.4 Å². The second-order valence-electron chi connectivity index (χ2n) is 6.62. The summed E-state index contributed by atoms with van der Waals surface area (Å²) in [7, 11) is 0. The van der Waals surface area contributed by atoms with Crippen molar-refractivity contribution in [2.24, 2.45) is 0 Å². The summed E-state index contributed by atoms with van der Waals surface area (Å²) >= 11 is 0. The average Bonchev–Trinajstić information content (AvgIpc) is 3.43. The van der Waals surface area contributed by atoms with E-state index in [1.165, 1.54) is 24.4 Å². The Bertz CT molecular complexity index is 966. The Kier molecular flexibility index (Phi) is 4.62. The van der Waals surface area contributed by atoms with Gasteiger partial charge in [-0.3, -0.25) is 4.79 Å². The van der Waals surface area contributed by atoms with Crippen LogP contribution in [0.2, 0.25) is 0 Å². The standard InChI is InChI=1S/C18H17F3N6O/c19-18(20,21)14-5-1-2-6-16(14)27-11-15(23-24-27)17(28)26-8-3-4-13(26)10-25-9-7-22-12-25/h1-2,5-7,9,11-13H,3-4,8,10H2. The largest absolute Gasteiger partial charge is 0.418 e. The average molecular weight is 390 g/mol. The molecule has 1 atom stereocenters. The minimum absolute atomic E-state index is 0.0192. The Morgan fingerprint density at radius 2 is 2.07 bits per heavy atom. The van der Waals surface area contributed by atoms with Crippen LogP contribution in [0.4, 0.5) is 13.2 Å². The van der Waals surface area contributed by atoms with E-state index in [0.717, 1.165) is 23.6 Å². The van der Waals surface area contributed by atoms with Crippen LogP contribution in [0.3, 0.4) is 0 Å². The van der Waals surface area contributed by atoms with Gasteiger partial charge in [-0.05, 0) is 25.0 Å². The molecular formula is C18H17F3N6O. The molecule has 0 spiro atoms. The minimum atomic E-state index is -4.53. The molecule has 1 unspecified atom stereocenters. The van der Waals surface area contributed by atoms with Crippen molar-refractivity contribution < 1.29 is 18.0 Å². The molecule has 1 aliphatic rings. The normalized spacial score (nSPS) is 17.2. The van der Waals surface area contributed by atoms with Crippen molar-refractivity contribution in [2.45, 2.75) is 31.6 Å². The Morgan fingerprint density at radius 1 is 1.25 bits per heavy atom. The van der Waals surface area contributed by atoms with Crippen LogP contribution in [0.1, 0.15) is 28.9 Å². The molecular weight excluding hydrogens is 373 g/mol. The molecule has 1 aliphatic heterocycles. The third kappa shape index (κ3) is 3.49. The number of carbonyl (C=O) groups is 1. The predicted molar refractivity (Wildman–Crippen MR) is 92.6 cm³/mol. The SMILES string of the molecule is O=C(c1cn(-c2ccccc2C(F)(F)F)nn1)N1CCCC1Cn1ccnc1. The van der Waals surface area contributed by atoms with E-state index in [0.29, 0.717) is 13.1 Å². The summed E-state index contributed by atoms with van der Waals surface area (Å²) in [5.41, 5.74) is -0.981. The quantitative estimate of drug-likeness (QED) is 0.687. The Balaban J connectivity index is 1.57. The van der Waals surface area contributed by atoms with Crippen LogP contribution >= 0.6 is 0 Å². The molecule has 3 heterocycles. The summed E-state index contributed by atoms with van der Waals surface area (Å²) in [6.45, 7) is 1.18. The molecule has 1 amide bonds. The molecule has 0 N–H and O–H groups in total. The van der Waals surface area contributed by atoms with E-state index in [9.17, 15) is 18.0 Å². The Labute approximate surface area is 158 Å². The minimum Gasteiger partial charge on any atom is -0.335 e. The zero-order chi connectivity index (χ0) is 19.7. The van der Waals surface area contributed by atoms with Crippen LogP contribution in [0.5, 0.6) is 0 Å². The summed E-state index contributed by atoms with van der Waals surface area (Å²) in [4.78, 5) is 18.6. The van der Waals surface area contributed by atoms with Gasteiger partial charge in [0.05, 0.1) is 29.8 Å². The lowest BCUT2D eigenvalue weighted by atomic mass is 10.1. The van der Waals surface area contributed by atoms with Gasteiger partial charge in [-0.15, -0.1) is 5.10 Å². The maximum Gasteiger partial charge on any atom is 0.418 e. The zero-order valence-electron chi connectivity index (χ0n) is 14.8. The fourth-order valence-electron chi connectivity index (χ4n) is 3.47. The molecule has 7 nitrogen and oxygen atoms in total. The number of carbonyl (C=O) groups excluding carboxylic acids is 1. The zero-order valence-corrected chi connectivity index (χ0v) is 14.8. The van der Waals surface area contributed by atoms with E-state index in [4.69, 9.17) is 0 Å². The van der Waals surface area contributed by atoms with E-state index in [1.54, 1.807) is 17.4 Å². The number of amides is 1. The first-order chi connectivity index (χ1) is 13.4. The van der Waals surface area contributed by atoms with Crippen molar-refractivity contribution in [3.8, 4) is 5.69 Å². The molecule has 28 heavy (non-hydrogen) atoms. The number of hydrogen-bond donors (Lipinski definition) is 0. The number of alkyl halides is 3. The molecule has 10 heteroatoms. The summed E-state index contributed by atoms with van der Waals surface area (Å²) in [6, 6.07) is 5.04. The molecule has 4 rings (SSSR count). The van der Waals surface area contributed by atoms with Crippen LogP contribution in [-0.4, -0.2) is 47.9 Å². The molecule has 2 aromatic heterocycles. The van der Waals surface area contributed by atoms with Crippen LogP contribution in [0, 0.1) is 0 Å². The number of imidazole rings is 1. The first kappa shape index (κ1) is 18.2. The highest BCUT2D eigenvalue weighted by Crippen LogP contribution is 2.33. The van der Waals surface area contributed by atoms with Crippen molar-refractivity contribution in [1.29, 1.82) is 0 Å². The van der Waals surface area contributed by atoms with E-state index in [-0.39, 0.29) is 23.3 Å². The number of aromatic nitrogens is 5. The van der Waals surface area contributed by atoms with Crippen LogP contribution in [0.25, 0.3) is 5.69 Å². The summed E-state index contributed by atoms with van der Waals surface area (Å²) in [6.07, 6.45) is 3.60. The molecule has 0 radical (unpaired) electrons. The van der Waals surface area contributed by atoms with Gasteiger partial charge in [-0.1, -0.05) is 17.3 Å². The van der Waals surface area contributed by atoms with E-state index in [1.807, 2.05) is 10.8 Å². The number of likely N-dealkylation sites (tertiary alicyclic amines) is 1. The van der Waals surface area contributed by atoms with Gasteiger partial charge in [0.1, 0.15) is 0 Å². The van der Waals surface area contributed by atoms with Gasteiger partial charge in [-0.25, -0.2) is 9.67 Å². The van der Waals surface area contributed by atoms with Crippen molar-refractivity contribution in [3.63, 3.8) is 0 Å². The highest BCUT2D eigenvalue weighted by molar-refractivity contribution is 5.92. The Morgan fingerprint density at radius 3 is 2.82 bits per heavy atom. The lowest BCUT2D eigenvalue weighted by molar-refractivity contribution is -0.137. The molecule has 1 aromatic carbocycles. The van der Waals surface area contributed by atoms with Gasteiger partial charge >= 0.3 is 6.18 Å². The number of hydrogen-bond acceptors (Lipinski definition) is 4. The van der Waals surface area contributed by atoms with Crippen LogP contribution in [-0.2, 0) is 12.7 Å². The van der Waals surface area contributed by atoms with E-state index < -0.39 is 11.7 Å². The fraction of sp³-hybridized carbons (Fsp3) is 0.333. The maximum absolute atomic E-state index is 13.2. The number of rotatable bonds is 4. The molecule has 0 aliphatic carbocycles. The third-order valence-corrected chi connectivity index (χ3v) is 4.79. The molecule has 146 valence electrons. The smallest absolute Gasteiger partial charge is 0.335 e. The third-order valence-electron chi connectivity index (χ3n) is 4.79. The van der Waals surface area contributed by atoms with E-state index >= 15 is 0 Å². The second kappa shape index (κ2) is 7.10. The van der Waals surface area contributed by atoms with Crippen LogP contribution in [0.15, 0.2) is 49.2 Å². The first-order valence-electron chi connectivity index (χ1n) is 8.79. The van der Waals surface area contributed by atoms with Gasteiger partial charge in [-0.2, -0.15) is 13.2 Å². The monoisotopic (exact) mass is 390 g/mol. The number of benzene rings is 1. The molecule has 3 aromatic rings. The topological polar surface area (TPSA) is 68.8 Å². The van der Waals surface area contributed by atoms with Crippen molar-refractivity contribution in [3.05, 3.63) is 60.4 Å². The Hall–Kier alpha value is -3.17. The molecule has 0 bridgehead atoms. The van der Waals surface area contributed by atoms with Gasteiger partial charge in [0.15, 0.2) is 5.69 Å². The number of nitrogens with zero attached hydrogens (tertiary/aromatic N) is 6. The van der Waals surface area contributed by atoms with Crippen LogP contribution < -0.4 is 0 Å². The van der Waals surface area contributed by atoms with Gasteiger partial charge in [0, 0.05) is 25.5 Å². The van der Waals surface area contributed by atoms with Gasteiger partial charge in [0.25, 0.3) is 5.91 Å². The highest BCUT2D eigenvalue weighted by atomic mass is 19.4. The fourth-order valence-corrected chi connectivity index (χ4v) is 3.47. The van der Waals surface area contributed by atoms with E-state index in [2.05, 4.69) is 15.3 Å². The molecule has 1 saturated heterocycles. The number of halogens is 3. The summed E-state index contributed by atoms with van der Waals surface area (Å²) in [5, 5.41) is 7.58. The summed E-state index contributed by atoms with van der Waals surface area (Å²) < 4.78 is 42.6. The highest BCUT2D eigenvalue weighted by Gasteiger charge is 2.35. The van der Waals surface area contributed by atoms with Gasteiger partial charge in [0.2, 0.25) is 0 Å². The lowest BCUT2D eigenvalue weighted by Crippen LogP contribution is -2.38. The van der Waals surface area contributed by atoms with Crippen molar-refractivity contribution >= 4 is 5.91 Å². The molecule has 0 saturated carbocycles.